The number of halogens is 1. The Morgan fingerprint density at radius 1 is 1.18 bits per heavy atom. The summed E-state index contributed by atoms with van der Waals surface area (Å²) in [4.78, 5) is 11.6. The third kappa shape index (κ3) is 3.65. The second-order valence-corrected chi connectivity index (χ2v) is 6.90. The Morgan fingerprint density at radius 3 is 2.32 bits per heavy atom. The number of carbonyl (C=O) groups excluding carboxylic acids is 1. The van der Waals surface area contributed by atoms with Gasteiger partial charge >= 0.3 is 13.1 Å². The molecule has 0 aliphatic carbocycles. The van der Waals surface area contributed by atoms with Crippen molar-refractivity contribution >= 4 is 30.2 Å². The van der Waals surface area contributed by atoms with Gasteiger partial charge in [-0.3, -0.25) is 4.79 Å². The van der Waals surface area contributed by atoms with Crippen molar-refractivity contribution in [2.75, 3.05) is 6.61 Å². The summed E-state index contributed by atoms with van der Waals surface area (Å²) in [7, 11) is -0.496. The summed E-state index contributed by atoms with van der Waals surface area (Å²) >= 11 is 6.17. The van der Waals surface area contributed by atoms with Crippen LogP contribution in [0.2, 0.25) is 5.02 Å². The Hall–Kier alpha value is -1.04. The molecule has 2 rings (SSSR count). The molecule has 1 aromatic carbocycles. The average molecular weight is 325 g/mol. The number of benzene rings is 1. The van der Waals surface area contributed by atoms with Gasteiger partial charge in [0.05, 0.1) is 24.2 Å². The first-order chi connectivity index (χ1) is 10.1. The van der Waals surface area contributed by atoms with Crippen LogP contribution in [0.1, 0.15) is 40.2 Å². The molecule has 1 saturated heterocycles. The fourth-order valence-corrected chi connectivity index (χ4v) is 2.54. The van der Waals surface area contributed by atoms with E-state index < -0.39 is 18.3 Å². The van der Waals surface area contributed by atoms with Crippen molar-refractivity contribution < 1.29 is 18.8 Å². The zero-order chi connectivity index (χ0) is 16.5. The molecule has 0 bridgehead atoms. The van der Waals surface area contributed by atoms with Gasteiger partial charge in [0, 0.05) is 5.02 Å². The van der Waals surface area contributed by atoms with Crippen LogP contribution in [0.3, 0.4) is 0 Å². The van der Waals surface area contributed by atoms with Crippen molar-refractivity contribution in [2.24, 2.45) is 0 Å². The van der Waals surface area contributed by atoms with Crippen LogP contribution in [-0.2, 0) is 25.3 Å². The van der Waals surface area contributed by atoms with Crippen LogP contribution >= 0.6 is 11.6 Å². The van der Waals surface area contributed by atoms with Crippen LogP contribution in [0, 0.1) is 0 Å². The highest BCUT2D eigenvalue weighted by atomic mass is 35.5. The SMILES string of the molecule is CCOC(=O)Cc1cc(Cl)cc(B2OC(C)(C)C(C)(C)O2)c1. The quantitative estimate of drug-likeness (QED) is 0.631. The second-order valence-electron chi connectivity index (χ2n) is 6.46. The van der Waals surface area contributed by atoms with Crippen LogP contribution in [0.15, 0.2) is 18.2 Å². The maximum absolute atomic E-state index is 11.6. The van der Waals surface area contributed by atoms with E-state index in [9.17, 15) is 4.79 Å². The van der Waals surface area contributed by atoms with E-state index in [0.717, 1.165) is 11.0 Å². The lowest BCUT2D eigenvalue weighted by molar-refractivity contribution is -0.142. The van der Waals surface area contributed by atoms with Gasteiger partial charge in [-0.15, -0.1) is 0 Å². The van der Waals surface area contributed by atoms with E-state index in [2.05, 4.69) is 0 Å². The van der Waals surface area contributed by atoms with Crippen molar-refractivity contribution in [3.63, 3.8) is 0 Å². The summed E-state index contributed by atoms with van der Waals surface area (Å²) in [5.74, 6) is -0.273. The van der Waals surface area contributed by atoms with E-state index in [1.165, 1.54) is 0 Å². The highest BCUT2D eigenvalue weighted by molar-refractivity contribution is 6.62. The molecule has 22 heavy (non-hydrogen) atoms. The standard InChI is InChI=1S/C16H22BClO4/c1-6-20-14(19)9-11-7-12(10-13(18)8-11)17-21-15(2,3)16(4,5)22-17/h7-8,10H,6,9H2,1-5H3. The lowest BCUT2D eigenvalue weighted by Gasteiger charge is -2.32. The number of rotatable bonds is 4. The summed E-state index contributed by atoms with van der Waals surface area (Å²) < 4.78 is 17.0. The molecule has 0 amide bonds. The zero-order valence-electron chi connectivity index (χ0n) is 13.7. The molecule has 1 aliphatic rings. The minimum Gasteiger partial charge on any atom is -0.466 e. The van der Waals surface area contributed by atoms with Crippen molar-refractivity contribution in [1.82, 2.24) is 0 Å². The topological polar surface area (TPSA) is 44.8 Å². The molecule has 1 fully saturated rings. The molecule has 6 heteroatoms. The normalized spacial score (nSPS) is 19.3. The number of esters is 1. The number of carbonyl (C=O) groups is 1. The predicted molar refractivity (Wildman–Crippen MR) is 87.5 cm³/mol. The molecular formula is C16H22BClO4. The van der Waals surface area contributed by atoms with Gasteiger partial charge in [0.25, 0.3) is 0 Å². The lowest BCUT2D eigenvalue weighted by Crippen LogP contribution is -2.41. The van der Waals surface area contributed by atoms with Crippen LogP contribution in [0.25, 0.3) is 0 Å². The fraction of sp³-hybridized carbons (Fsp3) is 0.562. The van der Waals surface area contributed by atoms with Gasteiger partial charge in [0.15, 0.2) is 0 Å². The Bertz CT molecular complexity index is 555. The minimum absolute atomic E-state index is 0.181. The van der Waals surface area contributed by atoms with Gasteiger partial charge in [-0.1, -0.05) is 17.7 Å². The van der Waals surface area contributed by atoms with Crippen LogP contribution in [0.5, 0.6) is 0 Å². The minimum atomic E-state index is -0.496. The van der Waals surface area contributed by atoms with Crippen LogP contribution in [0.4, 0.5) is 0 Å². The molecule has 0 saturated carbocycles. The Morgan fingerprint density at radius 2 is 1.77 bits per heavy atom. The molecule has 4 nitrogen and oxygen atoms in total. The van der Waals surface area contributed by atoms with E-state index >= 15 is 0 Å². The summed E-state index contributed by atoms with van der Waals surface area (Å²) in [6.45, 7) is 10.1. The van der Waals surface area contributed by atoms with E-state index in [1.54, 1.807) is 19.1 Å². The van der Waals surface area contributed by atoms with Gasteiger partial charge in [0.1, 0.15) is 0 Å². The highest BCUT2D eigenvalue weighted by Crippen LogP contribution is 2.36. The summed E-state index contributed by atoms with van der Waals surface area (Å²) in [5, 5.41) is 0.548. The smallest absolute Gasteiger partial charge is 0.466 e. The summed E-state index contributed by atoms with van der Waals surface area (Å²) in [5.41, 5.74) is 0.767. The van der Waals surface area contributed by atoms with Crippen molar-refractivity contribution in [1.29, 1.82) is 0 Å². The summed E-state index contributed by atoms with van der Waals surface area (Å²) in [6, 6.07) is 5.44. The van der Waals surface area contributed by atoms with Crippen LogP contribution in [-0.4, -0.2) is 30.9 Å². The third-order valence-electron chi connectivity index (χ3n) is 4.16. The molecule has 0 unspecified atom stereocenters. The van der Waals surface area contributed by atoms with E-state index in [4.69, 9.17) is 25.6 Å². The number of hydrogen-bond donors (Lipinski definition) is 0. The van der Waals surface area contributed by atoms with Crippen molar-refractivity contribution in [3.8, 4) is 0 Å². The predicted octanol–water partition coefficient (Wildman–Crippen LogP) is 2.74. The monoisotopic (exact) mass is 324 g/mol. The molecular weight excluding hydrogens is 302 g/mol. The summed E-state index contributed by atoms with van der Waals surface area (Å²) in [6.07, 6.45) is 0.181. The van der Waals surface area contributed by atoms with E-state index in [1.807, 2.05) is 33.8 Å². The third-order valence-corrected chi connectivity index (χ3v) is 4.38. The maximum atomic E-state index is 11.6. The Balaban J connectivity index is 2.22. The Kier molecular flexibility index (Phi) is 4.90. The fourth-order valence-electron chi connectivity index (χ4n) is 2.27. The van der Waals surface area contributed by atoms with Gasteiger partial charge in [-0.05, 0) is 57.8 Å². The highest BCUT2D eigenvalue weighted by Gasteiger charge is 2.51. The first-order valence-electron chi connectivity index (χ1n) is 7.45. The zero-order valence-corrected chi connectivity index (χ0v) is 14.5. The maximum Gasteiger partial charge on any atom is 0.494 e. The molecule has 1 aliphatic heterocycles. The Labute approximate surface area is 137 Å². The molecule has 0 spiro atoms. The van der Waals surface area contributed by atoms with Gasteiger partial charge in [-0.2, -0.15) is 0 Å². The molecule has 0 radical (unpaired) electrons. The van der Waals surface area contributed by atoms with Crippen molar-refractivity contribution in [3.05, 3.63) is 28.8 Å². The van der Waals surface area contributed by atoms with E-state index in [0.29, 0.717) is 11.6 Å². The van der Waals surface area contributed by atoms with Gasteiger partial charge < -0.3 is 14.0 Å². The molecule has 1 heterocycles. The van der Waals surface area contributed by atoms with Gasteiger partial charge in [0.2, 0.25) is 0 Å². The first-order valence-corrected chi connectivity index (χ1v) is 7.83. The molecule has 120 valence electrons. The van der Waals surface area contributed by atoms with Gasteiger partial charge in [-0.25, -0.2) is 0 Å². The average Bonchev–Trinajstić information content (AvgIpc) is 2.58. The molecule has 0 N–H and O–H groups in total. The molecule has 0 atom stereocenters. The second kappa shape index (κ2) is 6.22. The largest absolute Gasteiger partial charge is 0.494 e. The molecule has 0 aromatic heterocycles. The molecule has 1 aromatic rings. The lowest BCUT2D eigenvalue weighted by atomic mass is 9.78. The van der Waals surface area contributed by atoms with Crippen LogP contribution < -0.4 is 5.46 Å². The van der Waals surface area contributed by atoms with E-state index in [-0.39, 0.29) is 12.4 Å². The number of hydrogen-bond acceptors (Lipinski definition) is 4. The number of ether oxygens (including phenoxy) is 1. The van der Waals surface area contributed by atoms with Crippen molar-refractivity contribution in [2.45, 2.75) is 52.2 Å². The first kappa shape index (κ1) is 17.3.